The summed E-state index contributed by atoms with van der Waals surface area (Å²) < 4.78 is 13.2. The van der Waals surface area contributed by atoms with Gasteiger partial charge in [0.15, 0.2) is 0 Å². The lowest BCUT2D eigenvalue weighted by Gasteiger charge is -2.31. The van der Waals surface area contributed by atoms with Crippen molar-refractivity contribution in [1.29, 1.82) is 0 Å². The van der Waals surface area contributed by atoms with Crippen LogP contribution in [0.3, 0.4) is 0 Å². The third-order valence-corrected chi connectivity index (χ3v) is 3.60. The number of amides is 1. The van der Waals surface area contributed by atoms with Crippen molar-refractivity contribution in [3.8, 4) is 0 Å². The normalized spacial score (nSPS) is 13.8. The van der Waals surface area contributed by atoms with Crippen LogP contribution >= 0.6 is 0 Å². The molecule has 0 spiro atoms. The van der Waals surface area contributed by atoms with Crippen molar-refractivity contribution in [3.63, 3.8) is 0 Å². The molecule has 1 unspecified atom stereocenters. The van der Waals surface area contributed by atoms with Crippen molar-refractivity contribution in [2.24, 2.45) is 5.73 Å². The number of hydrogen-bond donors (Lipinski definition) is 1. The summed E-state index contributed by atoms with van der Waals surface area (Å²) in [5, 5.41) is 0. The quantitative estimate of drug-likeness (QED) is 0.800. The molecule has 1 rings (SSSR count). The number of hydrogen-bond acceptors (Lipinski definition) is 2. The van der Waals surface area contributed by atoms with E-state index in [4.69, 9.17) is 5.73 Å². The number of benzene rings is 1. The van der Waals surface area contributed by atoms with Gasteiger partial charge in [0.25, 0.3) is 0 Å². The van der Waals surface area contributed by atoms with Gasteiger partial charge < -0.3 is 10.6 Å². The maximum absolute atomic E-state index is 13.2. The van der Waals surface area contributed by atoms with Gasteiger partial charge in [-0.05, 0) is 43.9 Å². The minimum Gasteiger partial charge on any atom is -0.341 e. The lowest BCUT2D eigenvalue weighted by atomic mass is 9.95. The van der Waals surface area contributed by atoms with Crippen LogP contribution in [-0.2, 0) is 11.2 Å². The molecule has 1 atom stereocenters. The van der Waals surface area contributed by atoms with E-state index >= 15 is 0 Å². The molecule has 0 heterocycles. The second-order valence-corrected chi connectivity index (χ2v) is 5.84. The van der Waals surface area contributed by atoms with E-state index in [1.165, 1.54) is 12.1 Å². The number of halogens is 1. The summed E-state index contributed by atoms with van der Waals surface area (Å²) in [5.41, 5.74) is 6.23. The Morgan fingerprint density at radius 1 is 1.29 bits per heavy atom. The van der Waals surface area contributed by atoms with Crippen molar-refractivity contribution in [3.05, 3.63) is 35.6 Å². The SMILES string of the molecule is CCCN(CCc1cccc(F)c1)C(=O)C(C)(N)CCC. The van der Waals surface area contributed by atoms with Crippen LogP contribution in [0.1, 0.15) is 45.6 Å². The fourth-order valence-corrected chi connectivity index (χ4v) is 2.53. The Bertz CT molecular complexity index is 460. The standard InChI is InChI=1S/C17H27FN2O/c1-4-10-17(3,19)16(21)20(11-5-2)12-9-14-7-6-8-15(18)13-14/h6-8,13H,4-5,9-12,19H2,1-3H3. The molecule has 0 saturated carbocycles. The lowest BCUT2D eigenvalue weighted by molar-refractivity contribution is -0.136. The van der Waals surface area contributed by atoms with Gasteiger partial charge in [-0.15, -0.1) is 0 Å². The van der Waals surface area contributed by atoms with Crippen LogP contribution in [0.5, 0.6) is 0 Å². The van der Waals surface area contributed by atoms with Gasteiger partial charge in [0, 0.05) is 13.1 Å². The predicted octanol–water partition coefficient (Wildman–Crippen LogP) is 3.12. The third-order valence-electron chi connectivity index (χ3n) is 3.60. The molecule has 21 heavy (non-hydrogen) atoms. The third kappa shape index (κ3) is 5.46. The van der Waals surface area contributed by atoms with E-state index in [1.807, 2.05) is 19.9 Å². The van der Waals surface area contributed by atoms with Gasteiger partial charge >= 0.3 is 0 Å². The predicted molar refractivity (Wildman–Crippen MR) is 84.5 cm³/mol. The van der Waals surface area contributed by atoms with Crippen molar-refractivity contribution < 1.29 is 9.18 Å². The molecule has 0 aliphatic carbocycles. The molecule has 0 fully saturated rings. The Hall–Kier alpha value is -1.42. The molecule has 0 bridgehead atoms. The zero-order chi connectivity index (χ0) is 15.9. The van der Waals surface area contributed by atoms with Crippen LogP contribution in [0.4, 0.5) is 4.39 Å². The maximum atomic E-state index is 13.2. The molecule has 0 saturated heterocycles. The molecule has 118 valence electrons. The first kappa shape index (κ1) is 17.6. The number of rotatable bonds is 8. The first-order valence-electron chi connectivity index (χ1n) is 7.73. The zero-order valence-electron chi connectivity index (χ0n) is 13.4. The number of nitrogens with zero attached hydrogens (tertiary/aromatic N) is 1. The lowest BCUT2D eigenvalue weighted by Crippen LogP contribution is -2.53. The summed E-state index contributed by atoms with van der Waals surface area (Å²) in [6.07, 6.45) is 3.08. The Morgan fingerprint density at radius 3 is 2.57 bits per heavy atom. The molecule has 0 aliphatic rings. The molecule has 3 nitrogen and oxygen atoms in total. The highest BCUT2D eigenvalue weighted by atomic mass is 19.1. The van der Waals surface area contributed by atoms with Crippen molar-refractivity contribution >= 4 is 5.91 Å². The Balaban J connectivity index is 2.71. The Labute approximate surface area is 127 Å². The van der Waals surface area contributed by atoms with E-state index in [9.17, 15) is 9.18 Å². The topological polar surface area (TPSA) is 46.3 Å². The fourth-order valence-electron chi connectivity index (χ4n) is 2.53. The average Bonchev–Trinajstić information content (AvgIpc) is 2.42. The zero-order valence-corrected chi connectivity index (χ0v) is 13.4. The van der Waals surface area contributed by atoms with E-state index in [0.29, 0.717) is 25.9 Å². The Kier molecular flexibility index (Phi) is 6.82. The van der Waals surface area contributed by atoms with E-state index < -0.39 is 5.54 Å². The molecule has 4 heteroatoms. The van der Waals surface area contributed by atoms with Crippen molar-refractivity contribution in [2.75, 3.05) is 13.1 Å². The van der Waals surface area contributed by atoms with Gasteiger partial charge in [0.05, 0.1) is 5.54 Å². The first-order chi connectivity index (χ1) is 9.90. The minimum atomic E-state index is -0.814. The summed E-state index contributed by atoms with van der Waals surface area (Å²) in [5.74, 6) is -0.252. The summed E-state index contributed by atoms with van der Waals surface area (Å²) in [7, 11) is 0. The largest absolute Gasteiger partial charge is 0.341 e. The van der Waals surface area contributed by atoms with Crippen LogP contribution < -0.4 is 5.73 Å². The number of carbonyl (C=O) groups is 1. The van der Waals surface area contributed by atoms with Gasteiger partial charge in [-0.3, -0.25) is 4.79 Å². The second kappa shape index (κ2) is 8.13. The summed E-state index contributed by atoms with van der Waals surface area (Å²) in [6.45, 7) is 7.12. The molecule has 2 N–H and O–H groups in total. The molecule has 0 aliphatic heterocycles. The Morgan fingerprint density at radius 2 is 2.00 bits per heavy atom. The molecule has 0 aromatic heterocycles. The summed E-state index contributed by atoms with van der Waals surface area (Å²) in [6, 6.07) is 6.52. The van der Waals surface area contributed by atoms with Gasteiger partial charge in [0.1, 0.15) is 5.82 Å². The van der Waals surface area contributed by atoms with E-state index in [1.54, 1.807) is 17.9 Å². The number of nitrogens with two attached hydrogens (primary N) is 1. The van der Waals surface area contributed by atoms with Crippen LogP contribution in [-0.4, -0.2) is 29.4 Å². The van der Waals surface area contributed by atoms with Crippen molar-refractivity contribution in [1.82, 2.24) is 4.90 Å². The molecule has 1 amide bonds. The molecule has 1 aromatic carbocycles. The molecular formula is C17H27FN2O. The fraction of sp³-hybridized carbons (Fsp3) is 0.588. The van der Waals surface area contributed by atoms with Crippen molar-refractivity contribution in [2.45, 2.75) is 52.0 Å². The minimum absolute atomic E-state index is 0.0115. The van der Waals surface area contributed by atoms with E-state index in [2.05, 4.69) is 0 Å². The number of carbonyl (C=O) groups excluding carboxylic acids is 1. The second-order valence-electron chi connectivity index (χ2n) is 5.84. The summed E-state index contributed by atoms with van der Waals surface area (Å²) >= 11 is 0. The molecule has 1 aromatic rings. The maximum Gasteiger partial charge on any atom is 0.242 e. The molecule has 0 radical (unpaired) electrons. The average molecular weight is 294 g/mol. The van der Waals surface area contributed by atoms with Crippen LogP contribution in [0.25, 0.3) is 0 Å². The first-order valence-corrected chi connectivity index (χ1v) is 7.73. The van der Waals surface area contributed by atoms with Crippen LogP contribution in [0.2, 0.25) is 0 Å². The van der Waals surface area contributed by atoms with Crippen LogP contribution in [0, 0.1) is 5.82 Å². The van der Waals surface area contributed by atoms with E-state index in [-0.39, 0.29) is 11.7 Å². The summed E-state index contributed by atoms with van der Waals surface area (Å²) in [4.78, 5) is 14.4. The van der Waals surface area contributed by atoms with E-state index in [0.717, 1.165) is 18.4 Å². The van der Waals surface area contributed by atoms with Gasteiger partial charge in [-0.2, -0.15) is 0 Å². The highest BCUT2D eigenvalue weighted by Crippen LogP contribution is 2.14. The smallest absolute Gasteiger partial charge is 0.242 e. The van der Waals surface area contributed by atoms with Gasteiger partial charge in [-0.25, -0.2) is 4.39 Å². The van der Waals surface area contributed by atoms with Gasteiger partial charge in [-0.1, -0.05) is 32.4 Å². The highest BCUT2D eigenvalue weighted by molar-refractivity contribution is 5.85. The van der Waals surface area contributed by atoms with Gasteiger partial charge in [0.2, 0.25) is 5.91 Å². The monoisotopic (exact) mass is 294 g/mol. The highest BCUT2D eigenvalue weighted by Gasteiger charge is 2.31. The molecular weight excluding hydrogens is 267 g/mol. The van der Waals surface area contributed by atoms with Crippen LogP contribution in [0.15, 0.2) is 24.3 Å².